The maximum atomic E-state index is 6.14. The highest BCUT2D eigenvalue weighted by atomic mass is 35.5. The van der Waals surface area contributed by atoms with Gasteiger partial charge in [-0.3, -0.25) is 4.57 Å². The van der Waals surface area contributed by atoms with Crippen LogP contribution in [-0.2, 0) is 19.3 Å². The molecule has 0 radical (unpaired) electrons. The first-order valence-corrected chi connectivity index (χ1v) is 6.74. The highest BCUT2D eigenvalue weighted by molar-refractivity contribution is 6.30. The van der Waals surface area contributed by atoms with E-state index in [9.17, 15) is 0 Å². The zero-order valence-electron chi connectivity index (χ0n) is 10.4. The molecule has 94 valence electrons. The summed E-state index contributed by atoms with van der Waals surface area (Å²) in [5.74, 6) is 0.883. The summed E-state index contributed by atoms with van der Waals surface area (Å²) in [6.07, 6.45) is 8.80. The quantitative estimate of drug-likeness (QED) is 0.782. The van der Waals surface area contributed by atoms with Gasteiger partial charge in [0, 0.05) is 11.3 Å². The van der Waals surface area contributed by atoms with Gasteiger partial charge >= 0.3 is 0 Å². The molecule has 1 aliphatic carbocycles. The van der Waals surface area contributed by atoms with Crippen LogP contribution in [0.5, 0.6) is 0 Å². The average molecular weight is 263 g/mol. The van der Waals surface area contributed by atoms with Gasteiger partial charge in [-0.15, -0.1) is 0 Å². The van der Waals surface area contributed by atoms with Crippen molar-refractivity contribution < 1.29 is 0 Å². The van der Waals surface area contributed by atoms with Gasteiger partial charge in [0.2, 0.25) is 0 Å². The lowest BCUT2D eigenvalue weighted by atomic mass is 10.0. The normalized spacial score (nSPS) is 14.6. The molecule has 0 aromatic carbocycles. The van der Waals surface area contributed by atoms with E-state index in [1.165, 1.54) is 30.6 Å². The Bertz CT molecular complexity index is 576. The second kappa shape index (κ2) is 4.69. The van der Waals surface area contributed by atoms with Crippen LogP contribution < -0.4 is 0 Å². The molecular formula is C13H15ClN4. The standard InChI is InChI=1S/C13H15ClN4/c1-2-9-12(14)15-7-16-13(9)18-8-17-10-5-3-4-6-11(10)18/h7-8H,2-6H2,1H3. The Morgan fingerprint density at radius 2 is 2.06 bits per heavy atom. The highest BCUT2D eigenvalue weighted by Gasteiger charge is 2.19. The van der Waals surface area contributed by atoms with Crippen LogP contribution in [0.3, 0.4) is 0 Å². The van der Waals surface area contributed by atoms with Crippen LogP contribution in [0, 0.1) is 0 Å². The molecule has 0 aliphatic heterocycles. The Kier molecular flexibility index (Phi) is 3.04. The Morgan fingerprint density at radius 1 is 1.22 bits per heavy atom. The Balaban J connectivity index is 2.15. The second-order valence-electron chi connectivity index (χ2n) is 4.54. The molecule has 0 spiro atoms. The van der Waals surface area contributed by atoms with Crippen molar-refractivity contribution in [2.45, 2.75) is 39.0 Å². The van der Waals surface area contributed by atoms with Crippen molar-refractivity contribution in [2.24, 2.45) is 0 Å². The zero-order valence-corrected chi connectivity index (χ0v) is 11.1. The maximum Gasteiger partial charge on any atom is 0.146 e. The average Bonchev–Trinajstić information content (AvgIpc) is 2.82. The van der Waals surface area contributed by atoms with E-state index in [2.05, 4.69) is 26.4 Å². The monoisotopic (exact) mass is 262 g/mol. The molecule has 0 unspecified atom stereocenters. The summed E-state index contributed by atoms with van der Waals surface area (Å²) in [5.41, 5.74) is 3.48. The smallest absolute Gasteiger partial charge is 0.146 e. The van der Waals surface area contributed by atoms with E-state index in [1.54, 1.807) is 0 Å². The lowest BCUT2D eigenvalue weighted by Crippen LogP contribution is -2.10. The van der Waals surface area contributed by atoms with E-state index in [1.807, 2.05) is 6.33 Å². The SMILES string of the molecule is CCc1c(Cl)ncnc1-n1cnc2c1CCCC2. The Labute approximate surface area is 111 Å². The lowest BCUT2D eigenvalue weighted by Gasteiger charge is -2.15. The minimum absolute atomic E-state index is 0.542. The largest absolute Gasteiger partial charge is 0.287 e. The number of hydrogen-bond acceptors (Lipinski definition) is 3. The van der Waals surface area contributed by atoms with Gasteiger partial charge in [0.05, 0.1) is 5.69 Å². The number of rotatable bonds is 2. The van der Waals surface area contributed by atoms with Gasteiger partial charge in [-0.2, -0.15) is 0 Å². The number of imidazole rings is 1. The van der Waals surface area contributed by atoms with Crippen LogP contribution >= 0.6 is 11.6 Å². The fourth-order valence-corrected chi connectivity index (χ4v) is 2.81. The molecule has 0 saturated carbocycles. The summed E-state index contributed by atoms with van der Waals surface area (Å²) in [7, 11) is 0. The van der Waals surface area contributed by atoms with Crippen molar-refractivity contribution in [3.8, 4) is 5.82 Å². The van der Waals surface area contributed by atoms with Gasteiger partial charge in [0.15, 0.2) is 0 Å². The maximum absolute atomic E-state index is 6.14. The topological polar surface area (TPSA) is 43.6 Å². The predicted molar refractivity (Wildman–Crippen MR) is 70.2 cm³/mol. The molecule has 4 nitrogen and oxygen atoms in total. The summed E-state index contributed by atoms with van der Waals surface area (Å²) in [6, 6.07) is 0. The summed E-state index contributed by atoms with van der Waals surface area (Å²) in [6.45, 7) is 2.07. The van der Waals surface area contributed by atoms with E-state index in [-0.39, 0.29) is 0 Å². The van der Waals surface area contributed by atoms with Crippen LogP contribution in [0.15, 0.2) is 12.7 Å². The highest BCUT2D eigenvalue weighted by Crippen LogP contribution is 2.25. The summed E-state index contributed by atoms with van der Waals surface area (Å²) >= 11 is 6.14. The number of hydrogen-bond donors (Lipinski definition) is 0. The van der Waals surface area contributed by atoms with Crippen LogP contribution in [-0.4, -0.2) is 19.5 Å². The van der Waals surface area contributed by atoms with Crippen molar-refractivity contribution >= 4 is 11.6 Å². The van der Waals surface area contributed by atoms with Gasteiger partial charge in [-0.1, -0.05) is 18.5 Å². The molecule has 0 amide bonds. The van der Waals surface area contributed by atoms with Gasteiger partial charge in [0.1, 0.15) is 23.6 Å². The third-order valence-electron chi connectivity index (χ3n) is 3.48. The van der Waals surface area contributed by atoms with Crippen LogP contribution in [0.25, 0.3) is 5.82 Å². The molecule has 1 aliphatic rings. The number of fused-ring (bicyclic) bond motifs is 1. The summed E-state index contributed by atoms with van der Waals surface area (Å²) in [5, 5.41) is 0.542. The van der Waals surface area contributed by atoms with Crippen molar-refractivity contribution in [3.05, 3.63) is 34.8 Å². The fraction of sp³-hybridized carbons (Fsp3) is 0.462. The lowest BCUT2D eigenvalue weighted by molar-refractivity contribution is 0.653. The van der Waals surface area contributed by atoms with Crippen LogP contribution in [0.4, 0.5) is 0 Å². The van der Waals surface area contributed by atoms with Gasteiger partial charge in [-0.05, 0) is 32.1 Å². The first kappa shape index (κ1) is 11.7. The zero-order chi connectivity index (χ0) is 12.5. The molecule has 0 fully saturated rings. The number of halogens is 1. The fourth-order valence-electron chi connectivity index (χ4n) is 2.55. The van der Waals surface area contributed by atoms with Crippen LogP contribution in [0.2, 0.25) is 5.15 Å². The van der Waals surface area contributed by atoms with E-state index in [0.29, 0.717) is 5.15 Å². The molecule has 5 heteroatoms. The summed E-state index contributed by atoms with van der Waals surface area (Å²) in [4.78, 5) is 12.9. The first-order valence-electron chi connectivity index (χ1n) is 6.36. The van der Waals surface area contributed by atoms with E-state index in [4.69, 9.17) is 11.6 Å². The van der Waals surface area contributed by atoms with Gasteiger partial charge in [0.25, 0.3) is 0 Å². The minimum Gasteiger partial charge on any atom is -0.287 e. The first-order chi connectivity index (χ1) is 8.81. The molecule has 2 heterocycles. The second-order valence-corrected chi connectivity index (χ2v) is 4.89. The molecule has 0 bridgehead atoms. The van der Waals surface area contributed by atoms with Crippen molar-refractivity contribution in [3.63, 3.8) is 0 Å². The molecule has 0 saturated heterocycles. The molecule has 2 aromatic heterocycles. The molecule has 18 heavy (non-hydrogen) atoms. The Hall–Kier alpha value is -1.42. The van der Waals surface area contributed by atoms with Gasteiger partial charge in [-0.25, -0.2) is 15.0 Å². The Morgan fingerprint density at radius 3 is 2.89 bits per heavy atom. The minimum atomic E-state index is 0.542. The predicted octanol–water partition coefficient (Wildman–Crippen LogP) is 2.76. The molecular weight excluding hydrogens is 248 g/mol. The van der Waals surface area contributed by atoms with Crippen LogP contribution in [0.1, 0.15) is 36.7 Å². The number of aryl methyl sites for hydroxylation is 1. The summed E-state index contributed by atoms with van der Waals surface area (Å²) < 4.78 is 2.08. The van der Waals surface area contributed by atoms with E-state index < -0.39 is 0 Å². The number of aromatic nitrogens is 4. The number of nitrogens with zero attached hydrogens (tertiary/aromatic N) is 4. The third kappa shape index (κ3) is 1.81. The third-order valence-corrected chi connectivity index (χ3v) is 3.81. The molecule has 2 aromatic rings. The van der Waals surface area contributed by atoms with Crippen molar-refractivity contribution in [2.75, 3.05) is 0 Å². The van der Waals surface area contributed by atoms with Gasteiger partial charge < -0.3 is 0 Å². The molecule has 3 rings (SSSR count). The molecule has 0 N–H and O–H groups in total. The van der Waals surface area contributed by atoms with E-state index in [0.717, 1.165) is 30.6 Å². The van der Waals surface area contributed by atoms with Crippen molar-refractivity contribution in [1.29, 1.82) is 0 Å². The molecule has 0 atom stereocenters. The van der Waals surface area contributed by atoms with E-state index >= 15 is 0 Å². The van der Waals surface area contributed by atoms with Crippen molar-refractivity contribution in [1.82, 2.24) is 19.5 Å².